The Morgan fingerprint density at radius 3 is 2.54 bits per heavy atom. The molecular formula is C18H19IN2O3. The summed E-state index contributed by atoms with van der Waals surface area (Å²) in [6.45, 7) is 3.75. The molecule has 126 valence electrons. The largest absolute Gasteiger partial charge is 0.445 e. The molecule has 0 unspecified atom stereocenters. The summed E-state index contributed by atoms with van der Waals surface area (Å²) < 4.78 is 6.23. The standard InChI is InChI=1S/C18H19IN2O3/c1-12-10-15(8-9-16(12)19)21-17(22)13(2)20-18(23)24-11-14-6-4-3-5-7-14/h3-10,13H,11H2,1-2H3,(H,20,23)(H,21,22)/t13-/m0/s1. The molecule has 24 heavy (non-hydrogen) atoms. The zero-order valence-corrected chi connectivity index (χ0v) is 15.7. The van der Waals surface area contributed by atoms with Gasteiger partial charge in [0.1, 0.15) is 12.6 Å². The summed E-state index contributed by atoms with van der Waals surface area (Å²) in [5, 5.41) is 5.30. The Balaban J connectivity index is 1.82. The molecular weight excluding hydrogens is 419 g/mol. The molecule has 2 aromatic carbocycles. The third-order valence-electron chi connectivity index (χ3n) is 3.37. The second-order valence-corrected chi connectivity index (χ2v) is 6.54. The summed E-state index contributed by atoms with van der Waals surface area (Å²) in [6.07, 6.45) is -0.625. The van der Waals surface area contributed by atoms with E-state index < -0.39 is 12.1 Å². The summed E-state index contributed by atoms with van der Waals surface area (Å²) in [5.74, 6) is -0.299. The van der Waals surface area contributed by atoms with Gasteiger partial charge in [-0.25, -0.2) is 4.79 Å². The highest BCUT2D eigenvalue weighted by Gasteiger charge is 2.16. The molecule has 6 heteroatoms. The van der Waals surface area contributed by atoms with Crippen LogP contribution in [0.2, 0.25) is 0 Å². The van der Waals surface area contributed by atoms with Crippen LogP contribution < -0.4 is 10.6 Å². The van der Waals surface area contributed by atoms with Crippen molar-refractivity contribution in [3.05, 3.63) is 63.2 Å². The van der Waals surface area contributed by atoms with E-state index in [9.17, 15) is 9.59 Å². The Morgan fingerprint density at radius 2 is 1.88 bits per heavy atom. The highest BCUT2D eigenvalue weighted by Crippen LogP contribution is 2.16. The molecule has 2 amide bonds. The first-order valence-corrected chi connectivity index (χ1v) is 8.58. The molecule has 0 radical (unpaired) electrons. The van der Waals surface area contributed by atoms with Gasteiger partial charge >= 0.3 is 6.09 Å². The maximum absolute atomic E-state index is 12.1. The average Bonchev–Trinajstić information content (AvgIpc) is 2.57. The molecule has 0 bridgehead atoms. The summed E-state index contributed by atoms with van der Waals surface area (Å²) >= 11 is 2.23. The van der Waals surface area contributed by atoms with Crippen molar-refractivity contribution in [2.45, 2.75) is 26.5 Å². The number of carbonyl (C=O) groups excluding carboxylic acids is 2. The minimum Gasteiger partial charge on any atom is -0.445 e. The van der Waals surface area contributed by atoms with Crippen molar-refractivity contribution in [1.29, 1.82) is 0 Å². The van der Waals surface area contributed by atoms with E-state index in [1.54, 1.807) is 6.92 Å². The topological polar surface area (TPSA) is 67.4 Å². The lowest BCUT2D eigenvalue weighted by Gasteiger charge is -2.14. The van der Waals surface area contributed by atoms with Crippen LogP contribution in [0.3, 0.4) is 0 Å². The molecule has 0 heterocycles. The van der Waals surface area contributed by atoms with Crippen LogP contribution in [0.5, 0.6) is 0 Å². The number of anilines is 1. The van der Waals surface area contributed by atoms with E-state index in [4.69, 9.17) is 4.74 Å². The van der Waals surface area contributed by atoms with Crippen LogP contribution in [0.4, 0.5) is 10.5 Å². The number of hydrogen-bond acceptors (Lipinski definition) is 3. The van der Waals surface area contributed by atoms with E-state index in [0.29, 0.717) is 5.69 Å². The number of amides is 2. The molecule has 0 aliphatic heterocycles. The minimum absolute atomic E-state index is 0.164. The lowest BCUT2D eigenvalue weighted by molar-refractivity contribution is -0.117. The van der Waals surface area contributed by atoms with Gasteiger partial charge < -0.3 is 15.4 Å². The molecule has 0 saturated carbocycles. The Kier molecular flexibility index (Phi) is 6.60. The van der Waals surface area contributed by atoms with Crippen molar-refractivity contribution < 1.29 is 14.3 Å². The van der Waals surface area contributed by atoms with Crippen LogP contribution in [-0.2, 0) is 16.1 Å². The highest BCUT2D eigenvalue weighted by atomic mass is 127. The zero-order chi connectivity index (χ0) is 17.5. The molecule has 0 saturated heterocycles. The molecule has 0 spiro atoms. The summed E-state index contributed by atoms with van der Waals surface area (Å²) in [6, 6.07) is 14.3. The van der Waals surface area contributed by atoms with E-state index in [-0.39, 0.29) is 12.5 Å². The van der Waals surface area contributed by atoms with Crippen molar-refractivity contribution in [3.63, 3.8) is 0 Å². The zero-order valence-electron chi connectivity index (χ0n) is 13.5. The van der Waals surface area contributed by atoms with Gasteiger partial charge in [-0.3, -0.25) is 4.79 Å². The number of rotatable bonds is 5. The van der Waals surface area contributed by atoms with Gasteiger partial charge in [-0.1, -0.05) is 30.3 Å². The summed E-state index contributed by atoms with van der Waals surface area (Å²) in [5.41, 5.74) is 2.67. The molecule has 0 aliphatic carbocycles. The maximum Gasteiger partial charge on any atom is 0.408 e. The number of hydrogen-bond donors (Lipinski definition) is 2. The Labute approximate surface area is 154 Å². The van der Waals surface area contributed by atoms with Gasteiger partial charge in [0, 0.05) is 9.26 Å². The molecule has 2 aromatic rings. The van der Waals surface area contributed by atoms with Gasteiger partial charge in [0.05, 0.1) is 0 Å². The van der Waals surface area contributed by atoms with Crippen LogP contribution in [0.1, 0.15) is 18.1 Å². The second-order valence-electron chi connectivity index (χ2n) is 5.38. The van der Waals surface area contributed by atoms with E-state index >= 15 is 0 Å². The van der Waals surface area contributed by atoms with E-state index in [0.717, 1.165) is 14.7 Å². The van der Waals surface area contributed by atoms with Gasteiger partial charge in [0.15, 0.2) is 0 Å². The van der Waals surface area contributed by atoms with Crippen molar-refractivity contribution in [2.24, 2.45) is 0 Å². The highest BCUT2D eigenvalue weighted by molar-refractivity contribution is 14.1. The fraction of sp³-hybridized carbons (Fsp3) is 0.222. The number of halogens is 1. The van der Waals surface area contributed by atoms with Crippen molar-refractivity contribution in [1.82, 2.24) is 5.32 Å². The first-order chi connectivity index (χ1) is 11.5. The number of ether oxygens (including phenoxy) is 1. The predicted octanol–water partition coefficient (Wildman–Crippen LogP) is 3.85. The quantitative estimate of drug-likeness (QED) is 0.697. The summed E-state index contributed by atoms with van der Waals surface area (Å²) in [7, 11) is 0. The predicted molar refractivity (Wildman–Crippen MR) is 102 cm³/mol. The third kappa shape index (κ3) is 5.52. The van der Waals surface area contributed by atoms with Crippen LogP contribution in [-0.4, -0.2) is 18.0 Å². The normalized spacial score (nSPS) is 11.5. The number of aryl methyl sites for hydroxylation is 1. The number of nitrogens with one attached hydrogen (secondary N) is 2. The molecule has 0 aromatic heterocycles. The molecule has 5 nitrogen and oxygen atoms in total. The number of benzene rings is 2. The fourth-order valence-electron chi connectivity index (χ4n) is 1.98. The van der Waals surface area contributed by atoms with Gasteiger partial charge in [0.2, 0.25) is 5.91 Å². The van der Waals surface area contributed by atoms with Crippen molar-refractivity contribution in [2.75, 3.05) is 5.32 Å². The van der Waals surface area contributed by atoms with Crippen LogP contribution in [0.25, 0.3) is 0 Å². The lowest BCUT2D eigenvalue weighted by Crippen LogP contribution is -2.41. The van der Waals surface area contributed by atoms with Gasteiger partial charge in [-0.05, 0) is 65.8 Å². The van der Waals surface area contributed by atoms with Gasteiger partial charge in [0.25, 0.3) is 0 Å². The van der Waals surface area contributed by atoms with E-state index in [1.165, 1.54) is 0 Å². The molecule has 1 atom stereocenters. The maximum atomic E-state index is 12.1. The SMILES string of the molecule is Cc1cc(NC(=O)[C@H](C)NC(=O)OCc2ccccc2)ccc1I. The lowest BCUT2D eigenvalue weighted by atomic mass is 10.2. The van der Waals surface area contributed by atoms with Crippen molar-refractivity contribution in [3.8, 4) is 0 Å². The van der Waals surface area contributed by atoms with Crippen molar-refractivity contribution >= 4 is 40.3 Å². The molecule has 2 rings (SSSR count). The van der Waals surface area contributed by atoms with Gasteiger partial charge in [-0.15, -0.1) is 0 Å². The summed E-state index contributed by atoms with van der Waals surface area (Å²) in [4.78, 5) is 23.9. The monoisotopic (exact) mass is 438 g/mol. The first kappa shape index (κ1) is 18.3. The van der Waals surface area contributed by atoms with E-state index in [1.807, 2.05) is 55.5 Å². The van der Waals surface area contributed by atoms with Crippen LogP contribution >= 0.6 is 22.6 Å². The van der Waals surface area contributed by atoms with Crippen LogP contribution in [0, 0.1) is 10.5 Å². The average molecular weight is 438 g/mol. The molecule has 0 fully saturated rings. The molecule has 2 N–H and O–H groups in total. The minimum atomic E-state index is -0.701. The van der Waals surface area contributed by atoms with E-state index in [2.05, 4.69) is 33.2 Å². The second kappa shape index (κ2) is 8.68. The van der Waals surface area contributed by atoms with Gasteiger partial charge in [-0.2, -0.15) is 0 Å². The fourth-order valence-corrected chi connectivity index (χ4v) is 2.32. The third-order valence-corrected chi connectivity index (χ3v) is 4.58. The number of alkyl carbamates (subject to hydrolysis) is 1. The van der Waals surface area contributed by atoms with Crippen LogP contribution in [0.15, 0.2) is 48.5 Å². The Hall–Kier alpha value is -2.09. The Morgan fingerprint density at radius 1 is 1.17 bits per heavy atom. The Bertz CT molecular complexity index is 719. The number of carbonyl (C=O) groups is 2. The smallest absolute Gasteiger partial charge is 0.408 e. The first-order valence-electron chi connectivity index (χ1n) is 7.50. The molecule has 0 aliphatic rings.